The van der Waals surface area contributed by atoms with Gasteiger partial charge in [0.2, 0.25) is 0 Å². The average Bonchev–Trinajstić information content (AvgIpc) is 2.15. The van der Waals surface area contributed by atoms with Crippen LogP contribution in [0.3, 0.4) is 0 Å². The molecule has 62 valence electrons. The van der Waals surface area contributed by atoms with Crippen LogP contribution in [0.4, 0.5) is 0 Å². The Labute approximate surface area is 79.4 Å². The normalized spacial score (nSPS) is 9.33. The summed E-state index contributed by atoms with van der Waals surface area (Å²) in [5.74, 6) is 3.54. The van der Waals surface area contributed by atoms with Crippen molar-refractivity contribution in [3.8, 4) is 12.3 Å². The molecule has 0 heterocycles. The molecular weight excluding hydrogens is 164 g/mol. The molecule has 0 aliphatic carbocycles. The molecule has 0 N–H and O–H groups in total. The van der Waals surface area contributed by atoms with Crippen LogP contribution in [0.25, 0.3) is 0 Å². The van der Waals surface area contributed by atoms with Gasteiger partial charge in [-0.05, 0) is 36.3 Å². The summed E-state index contributed by atoms with van der Waals surface area (Å²) in [6.45, 7) is 0. The Balaban J connectivity index is 2.60. The highest BCUT2D eigenvalue weighted by molar-refractivity contribution is 7.80. The van der Waals surface area contributed by atoms with Gasteiger partial charge in [0.1, 0.15) is 0 Å². The highest BCUT2D eigenvalue weighted by Crippen LogP contribution is 2.05. The van der Waals surface area contributed by atoms with Crippen LogP contribution in [0, 0.1) is 12.3 Å². The van der Waals surface area contributed by atoms with Gasteiger partial charge in [-0.2, -0.15) is 12.6 Å². The molecule has 0 aromatic heterocycles. The predicted octanol–water partition coefficient (Wildman–Crippen LogP) is 2.53. The maximum atomic E-state index is 5.24. The number of benzene rings is 1. The van der Waals surface area contributed by atoms with Gasteiger partial charge in [-0.1, -0.05) is 18.1 Å². The first-order valence-electron chi connectivity index (χ1n) is 4.03. The molecule has 0 unspecified atom stereocenters. The van der Waals surface area contributed by atoms with Crippen molar-refractivity contribution in [1.29, 1.82) is 0 Å². The summed E-state index contributed by atoms with van der Waals surface area (Å²) in [6, 6.07) is 8.12. The first-order valence-corrected chi connectivity index (χ1v) is 4.66. The zero-order valence-electron chi connectivity index (χ0n) is 6.96. The minimum Gasteiger partial charge on any atom is -0.179 e. The van der Waals surface area contributed by atoms with Crippen molar-refractivity contribution in [3.05, 3.63) is 35.4 Å². The summed E-state index contributed by atoms with van der Waals surface area (Å²) in [5, 5.41) is 0. The molecule has 0 amide bonds. The highest BCUT2D eigenvalue weighted by Gasteiger charge is 1.91. The number of terminal acetylenes is 1. The van der Waals surface area contributed by atoms with Crippen LogP contribution in [0.2, 0.25) is 0 Å². The molecule has 0 aliphatic heterocycles. The highest BCUT2D eigenvalue weighted by atomic mass is 32.1. The molecule has 12 heavy (non-hydrogen) atoms. The maximum absolute atomic E-state index is 5.24. The average molecular weight is 176 g/mol. The molecule has 0 spiro atoms. The molecule has 0 aliphatic rings. The quantitative estimate of drug-likeness (QED) is 0.531. The molecular formula is C11H12S. The Morgan fingerprint density at radius 3 is 2.42 bits per heavy atom. The Hall–Kier alpha value is -0.870. The Morgan fingerprint density at radius 1 is 1.25 bits per heavy atom. The zero-order chi connectivity index (χ0) is 8.81. The Morgan fingerprint density at radius 2 is 1.92 bits per heavy atom. The van der Waals surface area contributed by atoms with Crippen LogP contribution < -0.4 is 0 Å². The second-order valence-electron chi connectivity index (χ2n) is 2.67. The maximum Gasteiger partial charge on any atom is 0.0242 e. The van der Waals surface area contributed by atoms with Crippen LogP contribution in [0.1, 0.15) is 17.5 Å². The lowest BCUT2D eigenvalue weighted by Crippen LogP contribution is -1.85. The van der Waals surface area contributed by atoms with Gasteiger partial charge < -0.3 is 0 Å². The van der Waals surface area contributed by atoms with Crippen molar-refractivity contribution < 1.29 is 0 Å². The van der Waals surface area contributed by atoms with Crippen molar-refractivity contribution in [3.63, 3.8) is 0 Å². The first-order chi connectivity index (χ1) is 5.86. The number of hydrogen-bond acceptors (Lipinski definition) is 1. The third-order valence-corrected chi connectivity index (χ3v) is 2.06. The minimum atomic E-state index is 0.941. The van der Waals surface area contributed by atoms with E-state index in [-0.39, 0.29) is 0 Å². The number of hydrogen-bond donors (Lipinski definition) is 1. The van der Waals surface area contributed by atoms with E-state index in [2.05, 4.69) is 30.7 Å². The summed E-state index contributed by atoms with van der Waals surface area (Å²) in [7, 11) is 0. The molecule has 0 saturated carbocycles. The van der Waals surface area contributed by atoms with E-state index in [4.69, 9.17) is 6.42 Å². The van der Waals surface area contributed by atoms with E-state index in [0.717, 1.165) is 24.2 Å². The largest absolute Gasteiger partial charge is 0.179 e. The molecule has 1 aromatic rings. The Bertz CT molecular complexity index is 266. The van der Waals surface area contributed by atoms with Crippen LogP contribution in [-0.4, -0.2) is 5.75 Å². The smallest absolute Gasteiger partial charge is 0.0242 e. The van der Waals surface area contributed by atoms with Crippen LogP contribution in [-0.2, 0) is 6.42 Å². The van der Waals surface area contributed by atoms with Gasteiger partial charge in [-0.3, -0.25) is 0 Å². The molecule has 0 bridgehead atoms. The third-order valence-electron chi connectivity index (χ3n) is 1.74. The molecule has 0 fully saturated rings. The summed E-state index contributed by atoms with van der Waals surface area (Å²) < 4.78 is 0. The second kappa shape index (κ2) is 4.90. The fraction of sp³-hybridized carbons (Fsp3) is 0.273. The van der Waals surface area contributed by atoms with E-state index in [1.54, 1.807) is 0 Å². The molecule has 1 heteroatoms. The first kappa shape index (κ1) is 9.22. The summed E-state index contributed by atoms with van der Waals surface area (Å²) >= 11 is 4.16. The van der Waals surface area contributed by atoms with E-state index in [9.17, 15) is 0 Å². The van der Waals surface area contributed by atoms with Gasteiger partial charge in [-0.25, -0.2) is 0 Å². The lowest BCUT2D eigenvalue weighted by molar-refractivity contribution is 0.936. The number of rotatable bonds is 3. The zero-order valence-corrected chi connectivity index (χ0v) is 7.85. The fourth-order valence-corrected chi connectivity index (χ4v) is 1.21. The van der Waals surface area contributed by atoms with Crippen LogP contribution in [0.5, 0.6) is 0 Å². The summed E-state index contributed by atoms with van der Waals surface area (Å²) in [5.41, 5.74) is 2.28. The SMILES string of the molecule is C#Cc1ccc(CCCS)cc1. The van der Waals surface area contributed by atoms with Crippen molar-refractivity contribution in [2.45, 2.75) is 12.8 Å². The standard InChI is InChI=1S/C11H12S/c1-2-10-5-7-11(8-6-10)4-3-9-12/h1,5-8,12H,3-4,9H2. The van der Waals surface area contributed by atoms with Gasteiger partial charge in [0.25, 0.3) is 0 Å². The van der Waals surface area contributed by atoms with Crippen molar-refractivity contribution in [1.82, 2.24) is 0 Å². The summed E-state index contributed by atoms with van der Waals surface area (Å²) in [4.78, 5) is 0. The lowest BCUT2D eigenvalue weighted by Gasteiger charge is -1.98. The third kappa shape index (κ3) is 2.64. The van der Waals surface area contributed by atoms with E-state index >= 15 is 0 Å². The van der Waals surface area contributed by atoms with E-state index in [1.807, 2.05) is 12.1 Å². The second-order valence-corrected chi connectivity index (χ2v) is 3.12. The van der Waals surface area contributed by atoms with Crippen LogP contribution >= 0.6 is 12.6 Å². The van der Waals surface area contributed by atoms with Gasteiger partial charge in [0.15, 0.2) is 0 Å². The Kier molecular flexibility index (Phi) is 3.76. The molecule has 0 radical (unpaired) electrons. The van der Waals surface area contributed by atoms with Gasteiger partial charge in [0, 0.05) is 5.56 Å². The van der Waals surface area contributed by atoms with Crippen molar-refractivity contribution >= 4 is 12.6 Å². The number of thiol groups is 1. The molecule has 0 saturated heterocycles. The molecule has 1 aromatic carbocycles. The summed E-state index contributed by atoms with van der Waals surface area (Å²) in [6.07, 6.45) is 7.45. The van der Waals surface area contributed by atoms with E-state index in [0.29, 0.717) is 0 Å². The lowest BCUT2D eigenvalue weighted by atomic mass is 10.1. The van der Waals surface area contributed by atoms with Crippen molar-refractivity contribution in [2.24, 2.45) is 0 Å². The van der Waals surface area contributed by atoms with E-state index < -0.39 is 0 Å². The van der Waals surface area contributed by atoms with Crippen molar-refractivity contribution in [2.75, 3.05) is 5.75 Å². The predicted molar refractivity (Wildman–Crippen MR) is 56.6 cm³/mol. The van der Waals surface area contributed by atoms with Gasteiger partial charge in [-0.15, -0.1) is 6.42 Å². The minimum absolute atomic E-state index is 0.941. The number of aryl methyl sites for hydroxylation is 1. The topological polar surface area (TPSA) is 0 Å². The molecule has 1 rings (SSSR count). The molecule has 0 nitrogen and oxygen atoms in total. The van der Waals surface area contributed by atoms with Gasteiger partial charge in [0.05, 0.1) is 0 Å². The van der Waals surface area contributed by atoms with Crippen LogP contribution in [0.15, 0.2) is 24.3 Å². The van der Waals surface area contributed by atoms with E-state index in [1.165, 1.54) is 5.56 Å². The fourth-order valence-electron chi connectivity index (χ4n) is 1.05. The van der Waals surface area contributed by atoms with Gasteiger partial charge >= 0.3 is 0 Å². The molecule has 0 atom stereocenters. The monoisotopic (exact) mass is 176 g/mol.